The lowest BCUT2D eigenvalue weighted by atomic mass is 9.91. The molecule has 0 bridgehead atoms. The fourth-order valence-corrected chi connectivity index (χ4v) is 4.67. The first-order valence-corrected chi connectivity index (χ1v) is 10.2. The first-order chi connectivity index (χ1) is 13.7. The van der Waals surface area contributed by atoms with Gasteiger partial charge in [0.15, 0.2) is 0 Å². The molecule has 1 atom stereocenters. The van der Waals surface area contributed by atoms with Crippen LogP contribution in [0.1, 0.15) is 28.6 Å². The number of para-hydroxylation sites is 1. The second-order valence-electron chi connectivity index (χ2n) is 6.98. The van der Waals surface area contributed by atoms with Crippen molar-refractivity contribution in [3.8, 4) is 0 Å². The molecule has 0 saturated carbocycles. The highest BCUT2D eigenvalue weighted by atomic mass is 32.1. The third-order valence-corrected chi connectivity index (χ3v) is 6.01. The summed E-state index contributed by atoms with van der Waals surface area (Å²) in [7, 11) is 0. The minimum Gasteiger partial charge on any atom is -0.356 e. The minimum atomic E-state index is -0.469. The van der Waals surface area contributed by atoms with Crippen LogP contribution in [0.15, 0.2) is 59.4 Å². The zero-order valence-electron chi connectivity index (χ0n) is 15.1. The van der Waals surface area contributed by atoms with Crippen molar-refractivity contribution in [2.75, 3.05) is 6.54 Å². The molecule has 1 N–H and O–H groups in total. The smallest absolute Gasteiger partial charge is 0.229 e. The monoisotopic (exact) mass is 391 g/mol. The van der Waals surface area contributed by atoms with E-state index in [9.17, 15) is 9.18 Å². The Bertz CT molecular complexity index is 1150. The average Bonchev–Trinajstić information content (AvgIpc) is 3.35. The van der Waals surface area contributed by atoms with Gasteiger partial charge >= 0.3 is 0 Å². The molecule has 5 rings (SSSR count). The van der Waals surface area contributed by atoms with Gasteiger partial charge in [-0.3, -0.25) is 4.79 Å². The molecule has 4 aromatic rings. The number of thiazole rings is 1. The van der Waals surface area contributed by atoms with Crippen LogP contribution in [0.4, 0.5) is 4.39 Å². The average molecular weight is 391 g/mol. The summed E-state index contributed by atoms with van der Waals surface area (Å²) in [5.41, 5.74) is 6.09. The van der Waals surface area contributed by atoms with Crippen molar-refractivity contribution >= 4 is 28.1 Å². The van der Waals surface area contributed by atoms with E-state index >= 15 is 0 Å². The Morgan fingerprint density at radius 3 is 2.86 bits per heavy atom. The number of aromatic nitrogens is 2. The summed E-state index contributed by atoms with van der Waals surface area (Å²) >= 11 is 1.47. The fraction of sp³-hybridized carbons (Fsp3) is 0.182. The quantitative estimate of drug-likeness (QED) is 0.560. The molecule has 3 heterocycles. The maximum Gasteiger partial charge on any atom is 0.229 e. The van der Waals surface area contributed by atoms with Crippen LogP contribution in [-0.4, -0.2) is 27.3 Å². The van der Waals surface area contributed by atoms with E-state index in [2.05, 4.69) is 16.0 Å². The Kier molecular flexibility index (Phi) is 4.20. The summed E-state index contributed by atoms with van der Waals surface area (Å²) in [6, 6.07) is 14.3. The van der Waals surface area contributed by atoms with Crippen LogP contribution in [0.3, 0.4) is 0 Å². The summed E-state index contributed by atoms with van der Waals surface area (Å²) in [6.07, 6.45) is 0.969. The molecule has 2 aromatic carbocycles. The number of nitrogens with one attached hydrogen (secondary N) is 1. The van der Waals surface area contributed by atoms with Gasteiger partial charge in [-0.1, -0.05) is 36.4 Å². The molecular weight excluding hydrogens is 373 g/mol. The Balaban J connectivity index is 1.63. The first-order valence-electron chi connectivity index (χ1n) is 9.23. The van der Waals surface area contributed by atoms with E-state index in [1.165, 1.54) is 23.0 Å². The second-order valence-corrected chi connectivity index (χ2v) is 7.70. The number of carbonyl (C=O) groups is 1. The fourth-order valence-electron chi connectivity index (χ4n) is 4.11. The number of rotatable bonds is 3. The van der Waals surface area contributed by atoms with Gasteiger partial charge in [-0.2, -0.15) is 0 Å². The van der Waals surface area contributed by atoms with Crippen LogP contribution in [-0.2, 0) is 17.6 Å². The van der Waals surface area contributed by atoms with Crippen molar-refractivity contribution in [3.05, 3.63) is 87.8 Å². The van der Waals surface area contributed by atoms with Gasteiger partial charge in [-0.25, -0.2) is 9.37 Å². The number of H-pyrrole nitrogens is 1. The largest absolute Gasteiger partial charge is 0.356 e. The minimum absolute atomic E-state index is 0.0385. The Morgan fingerprint density at radius 2 is 2.04 bits per heavy atom. The lowest BCUT2D eigenvalue weighted by molar-refractivity contribution is -0.132. The molecule has 0 unspecified atom stereocenters. The first kappa shape index (κ1) is 17.1. The van der Waals surface area contributed by atoms with E-state index in [0.717, 1.165) is 28.7 Å². The Morgan fingerprint density at radius 1 is 1.21 bits per heavy atom. The molecule has 28 heavy (non-hydrogen) atoms. The molecule has 0 spiro atoms. The van der Waals surface area contributed by atoms with Crippen molar-refractivity contribution in [2.24, 2.45) is 0 Å². The van der Waals surface area contributed by atoms with Crippen molar-refractivity contribution < 1.29 is 9.18 Å². The van der Waals surface area contributed by atoms with E-state index in [1.807, 2.05) is 29.6 Å². The third kappa shape index (κ3) is 2.81. The van der Waals surface area contributed by atoms with E-state index in [4.69, 9.17) is 0 Å². The summed E-state index contributed by atoms with van der Waals surface area (Å²) in [5, 5.41) is 3.03. The lowest BCUT2D eigenvalue weighted by Gasteiger charge is -2.36. The summed E-state index contributed by atoms with van der Waals surface area (Å²) in [6.45, 7) is 0.552. The SMILES string of the molecule is O=C(Cc1cscn1)N1CCc2c([nH]c3ccccc23)[C@H]1c1ccccc1F. The number of carbonyl (C=O) groups excluding carboxylic acids is 1. The molecule has 1 aliphatic heterocycles. The zero-order valence-corrected chi connectivity index (χ0v) is 15.9. The maximum atomic E-state index is 14.8. The van der Waals surface area contributed by atoms with Crippen LogP contribution in [0, 0.1) is 5.82 Å². The van der Waals surface area contributed by atoms with Crippen molar-refractivity contribution in [3.63, 3.8) is 0 Å². The summed E-state index contributed by atoms with van der Waals surface area (Å²) in [5.74, 6) is -0.339. The molecule has 0 aliphatic carbocycles. The maximum absolute atomic E-state index is 14.8. The van der Waals surface area contributed by atoms with Crippen LogP contribution in [0.25, 0.3) is 10.9 Å². The van der Waals surface area contributed by atoms with Crippen LogP contribution < -0.4 is 0 Å². The second kappa shape index (κ2) is 6.87. The van der Waals surface area contributed by atoms with Gasteiger partial charge < -0.3 is 9.88 Å². The van der Waals surface area contributed by atoms with Crippen LogP contribution >= 0.6 is 11.3 Å². The number of aromatic amines is 1. The zero-order chi connectivity index (χ0) is 19.1. The highest BCUT2D eigenvalue weighted by Crippen LogP contribution is 2.39. The van der Waals surface area contributed by atoms with Gasteiger partial charge in [-0.15, -0.1) is 11.3 Å². The summed E-state index contributed by atoms with van der Waals surface area (Å²) < 4.78 is 14.8. The number of halogens is 1. The van der Waals surface area contributed by atoms with Crippen molar-refractivity contribution in [1.82, 2.24) is 14.9 Å². The molecule has 6 heteroatoms. The van der Waals surface area contributed by atoms with E-state index in [0.29, 0.717) is 12.1 Å². The molecule has 4 nitrogen and oxygen atoms in total. The van der Waals surface area contributed by atoms with Gasteiger partial charge in [0.05, 0.1) is 17.6 Å². The number of hydrogen-bond donors (Lipinski definition) is 1. The molecule has 1 amide bonds. The molecule has 0 radical (unpaired) electrons. The van der Waals surface area contributed by atoms with Crippen LogP contribution in [0.2, 0.25) is 0 Å². The van der Waals surface area contributed by atoms with E-state index in [-0.39, 0.29) is 18.1 Å². The summed E-state index contributed by atoms with van der Waals surface area (Å²) in [4.78, 5) is 22.6. The number of benzene rings is 2. The molecule has 140 valence electrons. The molecule has 2 aromatic heterocycles. The normalized spacial score (nSPS) is 16.3. The van der Waals surface area contributed by atoms with E-state index < -0.39 is 6.04 Å². The topological polar surface area (TPSA) is 49.0 Å². The van der Waals surface area contributed by atoms with Crippen LogP contribution in [0.5, 0.6) is 0 Å². The van der Waals surface area contributed by atoms with Crippen molar-refractivity contribution in [2.45, 2.75) is 18.9 Å². The Labute approximate surface area is 165 Å². The molecule has 0 saturated heterocycles. The Hall–Kier alpha value is -2.99. The van der Waals surface area contributed by atoms with Crippen molar-refractivity contribution in [1.29, 1.82) is 0 Å². The number of fused-ring (bicyclic) bond motifs is 3. The predicted octanol–water partition coefficient (Wildman–Crippen LogP) is 4.48. The van der Waals surface area contributed by atoms with Gasteiger partial charge in [0.25, 0.3) is 0 Å². The third-order valence-electron chi connectivity index (χ3n) is 5.37. The lowest BCUT2D eigenvalue weighted by Crippen LogP contribution is -2.41. The standard InChI is InChI=1S/C22H18FN3OS/c23-18-7-3-1-6-17(18)22-21-16(15-5-2-4-8-19(15)25-21)9-10-26(22)20(27)11-14-12-28-13-24-14/h1-8,12-13,22,25H,9-11H2/t22-/m1/s1. The predicted molar refractivity (Wildman–Crippen MR) is 108 cm³/mol. The molecule has 1 aliphatic rings. The highest BCUT2D eigenvalue weighted by Gasteiger charge is 2.35. The van der Waals surface area contributed by atoms with E-state index in [1.54, 1.807) is 22.5 Å². The van der Waals surface area contributed by atoms with Gasteiger partial charge in [0, 0.05) is 34.1 Å². The number of hydrogen-bond acceptors (Lipinski definition) is 3. The highest BCUT2D eigenvalue weighted by molar-refractivity contribution is 7.07. The number of nitrogens with zero attached hydrogens (tertiary/aromatic N) is 2. The van der Waals surface area contributed by atoms with Gasteiger partial charge in [-0.05, 0) is 24.1 Å². The molecular formula is C22H18FN3OS. The number of amides is 1. The van der Waals surface area contributed by atoms with Gasteiger partial charge in [0.1, 0.15) is 11.9 Å². The molecule has 0 fully saturated rings. The van der Waals surface area contributed by atoms with Gasteiger partial charge in [0.2, 0.25) is 5.91 Å².